The lowest BCUT2D eigenvalue weighted by Gasteiger charge is -2.27. The third-order valence-corrected chi connectivity index (χ3v) is 3.16. The first kappa shape index (κ1) is 16.8. The SMILES string of the molecule is COc1ccc(C(=O)N(CCCC(=O)O)C(C)C)c(N)c1. The zero-order valence-electron chi connectivity index (χ0n) is 12.6. The van der Waals surface area contributed by atoms with Gasteiger partial charge < -0.3 is 20.5 Å². The lowest BCUT2D eigenvalue weighted by molar-refractivity contribution is -0.137. The average molecular weight is 294 g/mol. The monoisotopic (exact) mass is 294 g/mol. The first-order chi connectivity index (χ1) is 9.86. The number of methoxy groups -OCH3 is 1. The van der Waals surface area contributed by atoms with E-state index in [1.165, 1.54) is 7.11 Å². The van der Waals surface area contributed by atoms with Crippen molar-refractivity contribution < 1.29 is 19.4 Å². The maximum Gasteiger partial charge on any atom is 0.303 e. The van der Waals surface area contributed by atoms with Crippen LogP contribution >= 0.6 is 0 Å². The summed E-state index contributed by atoms with van der Waals surface area (Å²) in [7, 11) is 1.53. The van der Waals surface area contributed by atoms with Crippen LogP contribution in [0.1, 0.15) is 37.0 Å². The highest BCUT2D eigenvalue weighted by molar-refractivity contribution is 5.99. The molecular formula is C15H22N2O4. The minimum absolute atomic E-state index is 0.0344. The van der Waals surface area contributed by atoms with Crippen molar-refractivity contribution in [3.05, 3.63) is 23.8 Å². The Morgan fingerprint density at radius 2 is 2.05 bits per heavy atom. The first-order valence-corrected chi connectivity index (χ1v) is 6.83. The van der Waals surface area contributed by atoms with Crippen LogP contribution in [0.2, 0.25) is 0 Å². The van der Waals surface area contributed by atoms with Gasteiger partial charge in [-0.25, -0.2) is 0 Å². The minimum atomic E-state index is -0.866. The summed E-state index contributed by atoms with van der Waals surface area (Å²) in [6.45, 7) is 4.16. The Morgan fingerprint density at radius 1 is 1.38 bits per heavy atom. The number of rotatable bonds is 7. The van der Waals surface area contributed by atoms with Gasteiger partial charge in [0.05, 0.1) is 12.7 Å². The summed E-state index contributed by atoms with van der Waals surface area (Å²) >= 11 is 0. The molecule has 21 heavy (non-hydrogen) atoms. The molecule has 0 spiro atoms. The number of hydrogen-bond acceptors (Lipinski definition) is 4. The zero-order chi connectivity index (χ0) is 16.0. The van der Waals surface area contributed by atoms with E-state index in [0.717, 1.165) is 0 Å². The third kappa shape index (κ3) is 4.66. The van der Waals surface area contributed by atoms with Gasteiger partial charge in [-0.05, 0) is 32.4 Å². The van der Waals surface area contributed by atoms with E-state index in [9.17, 15) is 9.59 Å². The van der Waals surface area contributed by atoms with Crippen LogP contribution in [0.15, 0.2) is 18.2 Å². The second-order valence-corrected chi connectivity index (χ2v) is 5.04. The van der Waals surface area contributed by atoms with Gasteiger partial charge in [0.25, 0.3) is 5.91 Å². The number of nitrogens with zero attached hydrogens (tertiary/aromatic N) is 1. The van der Waals surface area contributed by atoms with Crippen molar-refractivity contribution >= 4 is 17.6 Å². The standard InChI is InChI=1S/C15H22N2O4/c1-10(2)17(8-4-5-14(18)19)15(20)12-7-6-11(21-3)9-13(12)16/h6-7,9-10H,4-5,8,16H2,1-3H3,(H,18,19). The number of nitrogens with two attached hydrogens (primary N) is 1. The van der Waals surface area contributed by atoms with E-state index in [0.29, 0.717) is 30.0 Å². The second kappa shape index (κ2) is 7.52. The summed E-state index contributed by atoms with van der Waals surface area (Å²) in [5.41, 5.74) is 6.64. The Morgan fingerprint density at radius 3 is 2.52 bits per heavy atom. The maximum absolute atomic E-state index is 12.5. The number of nitrogen functional groups attached to an aromatic ring is 1. The molecule has 0 bridgehead atoms. The van der Waals surface area contributed by atoms with E-state index in [4.69, 9.17) is 15.6 Å². The molecule has 116 valence electrons. The number of carboxylic acids is 1. The molecule has 0 saturated heterocycles. The van der Waals surface area contributed by atoms with E-state index < -0.39 is 5.97 Å². The molecule has 0 aromatic heterocycles. The summed E-state index contributed by atoms with van der Waals surface area (Å²) in [6.07, 6.45) is 0.448. The minimum Gasteiger partial charge on any atom is -0.497 e. The van der Waals surface area contributed by atoms with E-state index in [1.54, 1.807) is 23.1 Å². The highest BCUT2D eigenvalue weighted by Gasteiger charge is 2.21. The van der Waals surface area contributed by atoms with E-state index in [1.807, 2.05) is 13.8 Å². The normalized spacial score (nSPS) is 10.5. The van der Waals surface area contributed by atoms with Crippen LogP contribution in [-0.2, 0) is 4.79 Å². The van der Waals surface area contributed by atoms with E-state index >= 15 is 0 Å². The fourth-order valence-corrected chi connectivity index (χ4v) is 2.01. The van der Waals surface area contributed by atoms with Crippen molar-refractivity contribution in [3.8, 4) is 5.75 Å². The summed E-state index contributed by atoms with van der Waals surface area (Å²) in [4.78, 5) is 24.7. The summed E-state index contributed by atoms with van der Waals surface area (Å²) in [6, 6.07) is 4.87. The molecule has 0 aliphatic carbocycles. The number of carboxylic acid groups (broad SMARTS) is 1. The predicted molar refractivity (Wildman–Crippen MR) is 80.4 cm³/mol. The van der Waals surface area contributed by atoms with Crippen molar-refractivity contribution in [2.24, 2.45) is 0 Å². The lowest BCUT2D eigenvalue weighted by Crippen LogP contribution is -2.38. The topological polar surface area (TPSA) is 92.9 Å². The van der Waals surface area contributed by atoms with Crippen LogP contribution in [0.5, 0.6) is 5.75 Å². The number of aliphatic carboxylic acids is 1. The van der Waals surface area contributed by atoms with Crippen molar-refractivity contribution in [1.82, 2.24) is 4.90 Å². The molecule has 1 rings (SSSR count). The van der Waals surface area contributed by atoms with Gasteiger partial charge in [0.2, 0.25) is 0 Å². The van der Waals surface area contributed by atoms with Gasteiger partial charge in [-0.2, -0.15) is 0 Å². The fourth-order valence-electron chi connectivity index (χ4n) is 2.01. The van der Waals surface area contributed by atoms with Crippen LogP contribution in [0.25, 0.3) is 0 Å². The molecule has 1 aromatic rings. The molecule has 6 heteroatoms. The fraction of sp³-hybridized carbons (Fsp3) is 0.467. The van der Waals surface area contributed by atoms with Crippen LogP contribution in [-0.4, -0.2) is 41.6 Å². The number of benzene rings is 1. The molecule has 0 unspecified atom stereocenters. The van der Waals surface area contributed by atoms with Gasteiger partial charge in [-0.15, -0.1) is 0 Å². The summed E-state index contributed by atoms with van der Waals surface area (Å²) in [5.74, 6) is -0.475. The van der Waals surface area contributed by atoms with Crippen molar-refractivity contribution in [2.45, 2.75) is 32.7 Å². The third-order valence-electron chi connectivity index (χ3n) is 3.16. The van der Waals surface area contributed by atoms with Crippen molar-refractivity contribution in [2.75, 3.05) is 19.4 Å². The molecule has 0 aliphatic heterocycles. The van der Waals surface area contributed by atoms with Crippen LogP contribution in [0, 0.1) is 0 Å². The lowest BCUT2D eigenvalue weighted by atomic mass is 10.1. The Kier molecular flexibility index (Phi) is 6.02. The molecule has 0 heterocycles. The predicted octanol–water partition coefficient (Wildman–Crippen LogP) is 1.99. The van der Waals surface area contributed by atoms with Crippen LogP contribution < -0.4 is 10.5 Å². The highest BCUT2D eigenvalue weighted by Crippen LogP contribution is 2.22. The summed E-state index contributed by atoms with van der Waals surface area (Å²) < 4.78 is 5.06. The molecule has 6 nitrogen and oxygen atoms in total. The van der Waals surface area contributed by atoms with Crippen molar-refractivity contribution in [3.63, 3.8) is 0 Å². The van der Waals surface area contributed by atoms with Crippen LogP contribution in [0.4, 0.5) is 5.69 Å². The Labute approximate surface area is 124 Å². The average Bonchev–Trinajstić information content (AvgIpc) is 2.42. The Bertz CT molecular complexity index is 514. The van der Waals surface area contributed by atoms with Gasteiger partial charge in [0, 0.05) is 30.8 Å². The van der Waals surface area contributed by atoms with Gasteiger partial charge in [0.15, 0.2) is 0 Å². The van der Waals surface area contributed by atoms with Crippen molar-refractivity contribution in [1.29, 1.82) is 0 Å². The largest absolute Gasteiger partial charge is 0.497 e. The molecule has 0 atom stereocenters. The molecule has 1 amide bonds. The zero-order valence-corrected chi connectivity index (χ0v) is 12.6. The number of carbonyl (C=O) groups is 2. The first-order valence-electron chi connectivity index (χ1n) is 6.83. The van der Waals surface area contributed by atoms with Gasteiger partial charge in [-0.3, -0.25) is 9.59 Å². The highest BCUT2D eigenvalue weighted by atomic mass is 16.5. The Hall–Kier alpha value is -2.24. The van der Waals surface area contributed by atoms with Gasteiger partial charge >= 0.3 is 5.97 Å². The molecule has 0 fully saturated rings. The second-order valence-electron chi connectivity index (χ2n) is 5.04. The van der Waals surface area contributed by atoms with Gasteiger partial charge in [0.1, 0.15) is 5.75 Å². The quantitative estimate of drug-likeness (QED) is 0.750. The number of carbonyl (C=O) groups excluding carboxylic acids is 1. The summed E-state index contributed by atoms with van der Waals surface area (Å²) in [5, 5.41) is 8.69. The Balaban J connectivity index is 2.87. The molecule has 0 radical (unpaired) electrons. The molecule has 1 aromatic carbocycles. The number of ether oxygens (including phenoxy) is 1. The molecule has 0 aliphatic rings. The number of anilines is 1. The smallest absolute Gasteiger partial charge is 0.303 e. The van der Waals surface area contributed by atoms with Gasteiger partial charge in [-0.1, -0.05) is 0 Å². The number of hydrogen-bond donors (Lipinski definition) is 2. The molecule has 3 N–H and O–H groups in total. The number of amides is 1. The van der Waals surface area contributed by atoms with Crippen LogP contribution in [0.3, 0.4) is 0 Å². The van der Waals surface area contributed by atoms with E-state index in [-0.39, 0.29) is 18.4 Å². The maximum atomic E-state index is 12.5. The van der Waals surface area contributed by atoms with E-state index in [2.05, 4.69) is 0 Å². The molecule has 0 saturated carbocycles. The molecular weight excluding hydrogens is 272 g/mol.